The molecule has 8 heteroatoms. The van der Waals surface area contributed by atoms with Gasteiger partial charge in [0.1, 0.15) is 11.4 Å². The SMILES string of the molecule is C=N/C(=C\C=C(C)C)C(=O)N[C@H]1CC[C@H](Oc2ccc(C#N)c(C(F)(F)F)c2)CC1. The van der Waals surface area contributed by atoms with Gasteiger partial charge in [-0.25, -0.2) is 0 Å². The fraction of sp³-hybridized carbons (Fsp3) is 0.409. The van der Waals surface area contributed by atoms with Gasteiger partial charge in [0, 0.05) is 6.04 Å². The van der Waals surface area contributed by atoms with E-state index in [1.165, 1.54) is 6.07 Å². The largest absolute Gasteiger partial charge is 0.490 e. The van der Waals surface area contributed by atoms with Gasteiger partial charge < -0.3 is 10.1 Å². The van der Waals surface area contributed by atoms with Crippen molar-refractivity contribution < 1.29 is 22.7 Å². The zero-order chi connectivity index (χ0) is 22.3. The van der Waals surface area contributed by atoms with Crippen molar-refractivity contribution in [2.24, 2.45) is 4.99 Å². The molecule has 1 fully saturated rings. The van der Waals surface area contributed by atoms with E-state index in [0.717, 1.165) is 17.7 Å². The van der Waals surface area contributed by atoms with Crippen LogP contribution in [0.2, 0.25) is 0 Å². The highest BCUT2D eigenvalue weighted by Gasteiger charge is 2.34. The Hall–Kier alpha value is -3.08. The van der Waals surface area contributed by atoms with Crippen LogP contribution in [0.4, 0.5) is 13.2 Å². The molecule has 0 aliphatic heterocycles. The van der Waals surface area contributed by atoms with E-state index in [-0.39, 0.29) is 29.5 Å². The summed E-state index contributed by atoms with van der Waals surface area (Å²) < 4.78 is 45.0. The van der Waals surface area contributed by atoms with E-state index in [2.05, 4.69) is 17.0 Å². The van der Waals surface area contributed by atoms with Crippen molar-refractivity contribution in [3.63, 3.8) is 0 Å². The third-order valence-electron chi connectivity index (χ3n) is 4.71. The number of allylic oxidation sites excluding steroid dienone is 3. The first-order valence-electron chi connectivity index (χ1n) is 9.54. The average molecular weight is 419 g/mol. The lowest BCUT2D eigenvalue weighted by Crippen LogP contribution is -2.40. The van der Waals surface area contributed by atoms with E-state index < -0.39 is 17.3 Å². The molecule has 1 aromatic carbocycles. The zero-order valence-corrected chi connectivity index (χ0v) is 16.9. The fourth-order valence-corrected chi connectivity index (χ4v) is 3.15. The molecule has 0 saturated heterocycles. The number of carbonyl (C=O) groups is 1. The van der Waals surface area contributed by atoms with Gasteiger partial charge in [-0.1, -0.05) is 11.6 Å². The third kappa shape index (κ3) is 6.48. The summed E-state index contributed by atoms with van der Waals surface area (Å²) in [5.74, 6) is -0.231. The number of nitriles is 1. The predicted octanol–water partition coefficient (Wildman–Crippen LogP) is 4.93. The van der Waals surface area contributed by atoms with Crippen molar-refractivity contribution in [3.8, 4) is 11.8 Å². The van der Waals surface area contributed by atoms with Gasteiger partial charge in [0.15, 0.2) is 0 Å². The van der Waals surface area contributed by atoms with Crippen molar-refractivity contribution in [1.29, 1.82) is 5.26 Å². The molecular weight excluding hydrogens is 395 g/mol. The molecule has 0 spiro atoms. The number of alkyl halides is 3. The topological polar surface area (TPSA) is 74.5 Å². The summed E-state index contributed by atoms with van der Waals surface area (Å²) in [5, 5.41) is 11.8. The van der Waals surface area contributed by atoms with Gasteiger partial charge in [-0.15, -0.1) is 0 Å². The number of benzene rings is 1. The Morgan fingerprint density at radius 1 is 1.27 bits per heavy atom. The van der Waals surface area contributed by atoms with Crippen LogP contribution in [0.25, 0.3) is 0 Å². The van der Waals surface area contributed by atoms with Crippen LogP contribution >= 0.6 is 0 Å². The number of aliphatic imine (C=N–C) groups is 1. The number of carbonyl (C=O) groups excluding carboxylic acids is 1. The molecule has 30 heavy (non-hydrogen) atoms. The van der Waals surface area contributed by atoms with E-state index in [0.29, 0.717) is 25.7 Å². The van der Waals surface area contributed by atoms with Crippen LogP contribution in [0, 0.1) is 11.3 Å². The summed E-state index contributed by atoms with van der Waals surface area (Å²) >= 11 is 0. The highest BCUT2D eigenvalue weighted by Crippen LogP contribution is 2.35. The molecule has 160 valence electrons. The Morgan fingerprint density at radius 2 is 1.93 bits per heavy atom. The van der Waals surface area contributed by atoms with Crippen molar-refractivity contribution in [1.82, 2.24) is 5.32 Å². The second-order valence-electron chi connectivity index (χ2n) is 7.34. The molecule has 5 nitrogen and oxygen atoms in total. The van der Waals surface area contributed by atoms with Crippen molar-refractivity contribution >= 4 is 12.6 Å². The van der Waals surface area contributed by atoms with Gasteiger partial charge in [-0.2, -0.15) is 18.4 Å². The molecule has 1 saturated carbocycles. The zero-order valence-electron chi connectivity index (χ0n) is 16.9. The number of ether oxygens (including phenoxy) is 1. The van der Waals surface area contributed by atoms with E-state index in [9.17, 15) is 18.0 Å². The fourth-order valence-electron chi connectivity index (χ4n) is 3.15. The molecule has 1 aliphatic carbocycles. The van der Waals surface area contributed by atoms with Gasteiger partial charge in [0.25, 0.3) is 5.91 Å². The van der Waals surface area contributed by atoms with Crippen LogP contribution in [0.5, 0.6) is 5.75 Å². The predicted molar refractivity (Wildman–Crippen MR) is 108 cm³/mol. The third-order valence-corrected chi connectivity index (χ3v) is 4.71. The Morgan fingerprint density at radius 3 is 2.47 bits per heavy atom. The maximum atomic E-state index is 13.1. The molecule has 1 aromatic rings. The summed E-state index contributed by atoms with van der Waals surface area (Å²) in [6.07, 6.45) is 0.934. The van der Waals surface area contributed by atoms with Gasteiger partial charge in [0.2, 0.25) is 0 Å². The van der Waals surface area contributed by atoms with E-state index in [4.69, 9.17) is 10.00 Å². The molecule has 0 heterocycles. The van der Waals surface area contributed by atoms with Crippen LogP contribution in [-0.4, -0.2) is 24.8 Å². The summed E-state index contributed by atoms with van der Waals surface area (Å²) in [4.78, 5) is 16.1. The van der Waals surface area contributed by atoms with Gasteiger partial charge >= 0.3 is 6.18 Å². The number of amides is 1. The number of rotatable bonds is 6. The molecule has 0 unspecified atom stereocenters. The summed E-state index contributed by atoms with van der Waals surface area (Å²) in [5.41, 5.74) is -0.185. The number of halogens is 3. The van der Waals surface area contributed by atoms with Crippen LogP contribution in [0.3, 0.4) is 0 Å². The normalized spacial score (nSPS) is 19.4. The molecule has 0 bridgehead atoms. The Bertz CT molecular complexity index is 886. The molecule has 0 radical (unpaired) electrons. The lowest BCUT2D eigenvalue weighted by Gasteiger charge is -2.29. The van der Waals surface area contributed by atoms with Crippen molar-refractivity contribution in [2.75, 3.05) is 0 Å². The van der Waals surface area contributed by atoms with Crippen LogP contribution in [-0.2, 0) is 11.0 Å². The Labute approximate surface area is 173 Å². The highest BCUT2D eigenvalue weighted by molar-refractivity contribution is 5.94. The quantitative estimate of drug-likeness (QED) is 0.403. The first-order chi connectivity index (χ1) is 14.1. The minimum atomic E-state index is -4.62. The number of hydrogen-bond acceptors (Lipinski definition) is 4. The molecule has 0 atom stereocenters. The van der Waals surface area contributed by atoms with E-state index >= 15 is 0 Å². The molecule has 2 rings (SSSR count). The van der Waals surface area contributed by atoms with Crippen LogP contribution in [0.15, 0.2) is 46.6 Å². The number of hydrogen-bond donors (Lipinski definition) is 1. The minimum absolute atomic E-state index is 0.0686. The van der Waals surface area contributed by atoms with E-state index in [1.54, 1.807) is 18.2 Å². The first-order valence-corrected chi connectivity index (χ1v) is 9.54. The average Bonchev–Trinajstić information content (AvgIpc) is 2.69. The van der Waals surface area contributed by atoms with Gasteiger partial charge in [-0.05, 0) is 70.5 Å². The Balaban J connectivity index is 1.95. The monoisotopic (exact) mass is 419 g/mol. The number of nitrogens with zero attached hydrogens (tertiary/aromatic N) is 2. The van der Waals surface area contributed by atoms with Crippen LogP contribution < -0.4 is 10.1 Å². The second-order valence-corrected chi connectivity index (χ2v) is 7.34. The molecule has 1 amide bonds. The van der Waals surface area contributed by atoms with Crippen molar-refractivity contribution in [2.45, 2.75) is 57.9 Å². The maximum Gasteiger partial charge on any atom is 0.417 e. The van der Waals surface area contributed by atoms with Gasteiger partial charge in [0.05, 0.1) is 23.3 Å². The molecule has 1 aliphatic rings. The number of nitrogens with one attached hydrogen (secondary N) is 1. The Kier molecular flexibility index (Phi) is 7.81. The molecular formula is C22H24F3N3O2. The first kappa shape index (κ1) is 23.2. The van der Waals surface area contributed by atoms with E-state index in [1.807, 2.05) is 13.8 Å². The van der Waals surface area contributed by atoms with Gasteiger partial charge in [-0.3, -0.25) is 9.79 Å². The molecule has 0 aromatic heterocycles. The standard InChI is InChI=1S/C22H24F3N3O2/c1-14(2)4-11-20(27-3)21(29)28-16-6-9-17(10-7-16)30-18-8-5-15(13-26)19(12-18)22(23,24)25/h4-5,8,11-12,16-17H,3,6-7,9-10H2,1-2H3,(H,28,29)/b20-11-/t16-,17-. The summed E-state index contributed by atoms with van der Waals surface area (Å²) in [6, 6.07) is 4.84. The second kappa shape index (κ2) is 10.1. The molecule has 1 N–H and O–H groups in total. The maximum absolute atomic E-state index is 13.1. The lowest BCUT2D eigenvalue weighted by molar-refractivity contribution is -0.138. The smallest absolute Gasteiger partial charge is 0.417 e. The lowest BCUT2D eigenvalue weighted by atomic mass is 9.92. The summed E-state index contributed by atoms with van der Waals surface area (Å²) in [6.45, 7) is 7.23. The van der Waals surface area contributed by atoms with Crippen LogP contribution in [0.1, 0.15) is 50.7 Å². The van der Waals surface area contributed by atoms with Crippen molar-refractivity contribution in [3.05, 3.63) is 52.7 Å². The highest BCUT2D eigenvalue weighted by atomic mass is 19.4. The minimum Gasteiger partial charge on any atom is -0.490 e. The summed E-state index contributed by atoms with van der Waals surface area (Å²) in [7, 11) is 0.